The van der Waals surface area contributed by atoms with E-state index in [-0.39, 0.29) is 15.7 Å². The van der Waals surface area contributed by atoms with E-state index in [2.05, 4.69) is 15.9 Å². The van der Waals surface area contributed by atoms with E-state index in [0.717, 1.165) is 6.07 Å². The van der Waals surface area contributed by atoms with Crippen molar-refractivity contribution in [2.75, 3.05) is 0 Å². The predicted molar refractivity (Wildman–Crippen MR) is 58.5 cm³/mol. The summed E-state index contributed by atoms with van der Waals surface area (Å²) in [7, 11) is 0. The zero-order chi connectivity index (χ0) is 11.7. The lowest BCUT2D eigenvalue weighted by Crippen LogP contribution is -1.93. The second-order valence-corrected chi connectivity index (χ2v) is 3.87. The minimum atomic E-state index is -0.679. The summed E-state index contributed by atoms with van der Waals surface area (Å²) in [6, 6.07) is 5.37. The largest absolute Gasteiger partial charge is 0.464 e. The van der Waals surface area contributed by atoms with E-state index in [4.69, 9.17) is 4.42 Å². The molecule has 16 heavy (non-hydrogen) atoms. The SMILES string of the molecule is O=[N+]([O-])c1cc(F)c(Br)cc1-c1ccco1. The van der Waals surface area contributed by atoms with Crippen LogP contribution in [0.4, 0.5) is 10.1 Å². The van der Waals surface area contributed by atoms with E-state index in [0.29, 0.717) is 5.76 Å². The minimum absolute atomic E-state index is 0.157. The van der Waals surface area contributed by atoms with Gasteiger partial charge in [-0.05, 0) is 34.1 Å². The molecule has 1 aromatic carbocycles. The van der Waals surface area contributed by atoms with E-state index in [9.17, 15) is 14.5 Å². The predicted octanol–water partition coefficient (Wildman–Crippen LogP) is 3.76. The van der Waals surface area contributed by atoms with Gasteiger partial charge in [0.05, 0.1) is 27.3 Å². The van der Waals surface area contributed by atoms with Gasteiger partial charge in [0.25, 0.3) is 5.69 Å². The first-order valence-electron chi connectivity index (χ1n) is 4.27. The maximum atomic E-state index is 13.2. The summed E-state index contributed by atoms with van der Waals surface area (Å²) < 4.78 is 18.4. The molecule has 0 saturated carbocycles. The molecular formula is C10H5BrFNO3. The fraction of sp³-hybridized carbons (Fsp3) is 0. The molecule has 2 aromatic rings. The Hall–Kier alpha value is -1.69. The number of nitro groups is 1. The van der Waals surface area contributed by atoms with Gasteiger partial charge in [-0.15, -0.1) is 0 Å². The third-order valence-electron chi connectivity index (χ3n) is 2.02. The molecule has 0 atom stereocenters. The topological polar surface area (TPSA) is 56.3 Å². The number of nitro benzene ring substituents is 1. The summed E-state index contributed by atoms with van der Waals surface area (Å²) in [6.07, 6.45) is 1.40. The second kappa shape index (κ2) is 4.05. The average Bonchev–Trinajstić information content (AvgIpc) is 2.74. The highest BCUT2D eigenvalue weighted by atomic mass is 79.9. The Morgan fingerprint density at radius 2 is 2.19 bits per heavy atom. The zero-order valence-corrected chi connectivity index (χ0v) is 9.40. The van der Waals surface area contributed by atoms with Crippen LogP contribution in [0.2, 0.25) is 0 Å². The first kappa shape index (κ1) is 10.8. The van der Waals surface area contributed by atoms with Crippen LogP contribution < -0.4 is 0 Å². The smallest absolute Gasteiger partial charge is 0.283 e. The quantitative estimate of drug-likeness (QED) is 0.624. The summed E-state index contributed by atoms with van der Waals surface area (Å²) in [5, 5.41) is 10.8. The van der Waals surface area contributed by atoms with Gasteiger partial charge in [-0.2, -0.15) is 0 Å². The molecule has 0 spiro atoms. The molecule has 0 saturated heterocycles. The van der Waals surface area contributed by atoms with E-state index >= 15 is 0 Å². The second-order valence-electron chi connectivity index (χ2n) is 3.02. The van der Waals surface area contributed by atoms with Crippen molar-refractivity contribution in [2.45, 2.75) is 0 Å². The van der Waals surface area contributed by atoms with Crippen LogP contribution in [0.5, 0.6) is 0 Å². The van der Waals surface area contributed by atoms with Gasteiger partial charge in [0.1, 0.15) is 11.6 Å². The molecule has 6 heteroatoms. The van der Waals surface area contributed by atoms with Crippen LogP contribution in [0.1, 0.15) is 0 Å². The van der Waals surface area contributed by atoms with E-state index < -0.39 is 10.7 Å². The summed E-state index contributed by atoms with van der Waals surface area (Å²) in [4.78, 5) is 10.1. The normalized spacial score (nSPS) is 10.4. The Morgan fingerprint density at radius 3 is 2.75 bits per heavy atom. The average molecular weight is 286 g/mol. The molecule has 0 unspecified atom stereocenters. The van der Waals surface area contributed by atoms with Crippen LogP contribution in [0, 0.1) is 15.9 Å². The first-order valence-corrected chi connectivity index (χ1v) is 5.06. The number of benzene rings is 1. The molecule has 0 aliphatic carbocycles. The van der Waals surface area contributed by atoms with Crippen molar-refractivity contribution in [1.29, 1.82) is 0 Å². The maximum absolute atomic E-state index is 13.2. The summed E-state index contributed by atoms with van der Waals surface area (Å²) >= 11 is 2.98. The lowest BCUT2D eigenvalue weighted by atomic mass is 10.1. The Bertz CT molecular complexity index is 539. The van der Waals surface area contributed by atoms with Crippen molar-refractivity contribution in [3.63, 3.8) is 0 Å². The molecule has 0 amide bonds. The van der Waals surface area contributed by atoms with E-state index in [1.807, 2.05) is 0 Å². The highest BCUT2D eigenvalue weighted by Gasteiger charge is 2.20. The number of halogens is 2. The maximum Gasteiger partial charge on any atom is 0.283 e. The van der Waals surface area contributed by atoms with Gasteiger partial charge in [0.15, 0.2) is 0 Å². The van der Waals surface area contributed by atoms with E-state index in [1.165, 1.54) is 12.3 Å². The summed E-state index contributed by atoms with van der Waals surface area (Å²) in [5.41, 5.74) is -0.0843. The zero-order valence-electron chi connectivity index (χ0n) is 7.81. The van der Waals surface area contributed by atoms with Crippen LogP contribution in [0.25, 0.3) is 11.3 Å². The molecule has 0 N–H and O–H groups in total. The van der Waals surface area contributed by atoms with Crippen molar-refractivity contribution in [2.24, 2.45) is 0 Å². The number of hydrogen-bond acceptors (Lipinski definition) is 3. The van der Waals surface area contributed by atoms with Crippen LogP contribution >= 0.6 is 15.9 Å². The van der Waals surface area contributed by atoms with Gasteiger partial charge in [-0.1, -0.05) is 0 Å². The van der Waals surface area contributed by atoms with Crippen LogP contribution in [-0.2, 0) is 0 Å². The molecule has 2 rings (SSSR count). The number of furan rings is 1. The first-order chi connectivity index (χ1) is 7.59. The Morgan fingerprint density at radius 1 is 1.44 bits per heavy atom. The van der Waals surface area contributed by atoms with Gasteiger partial charge in [-0.3, -0.25) is 10.1 Å². The van der Waals surface area contributed by atoms with Gasteiger partial charge in [-0.25, -0.2) is 4.39 Å². The van der Waals surface area contributed by atoms with Gasteiger partial charge < -0.3 is 4.42 Å². The highest BCUT2D eigenvalue weighted by molar-refractivity contribution is 9.10. The van der Waals surface area contributed by atoms with Crippen molar-refractivity contribution < 1.29 is 13.7 Å². The molecule has 1 aromatic heterocycles. The molecule has 4 nitrogen and oxygen atoms in total. The number of rotatable bonds is 2. The lowest BCUT2D eigenvalue weighted by molar-refractivity contribution is -0.384. The van der Waals surface area contributed by atoms with Crippen molar-refractivity contribution in [1.82, 2.24) is 0 Å². The third-order valence-corrected chi connectivity index (χ3v) is 2.63. The number of hydrogen-bond donors (Lipinski definition) is 0. The van der Waals surface area contributed by atoms with Crippen molar-refractivity contribution in [3.8, 4) is 11.3 Å². The van der Waals surface area contributed by atoms with Gasteiger partial charge in [0.2, 0.25) is 0 Å². The standard InChI is InChI=1S/C10H5BrFNO3/c11-7-4-6(10-2-1-3-16-10)9(13(14)15)5-8(7)12/h1-5H. The van der Waals surface area contributed by atoms with Crippen LogP contribution in [0.15, 0.2) is 39.4 Å². The number of nitrogens with zero attached hydrogens (tertiary/aromatic N) is 1. The molecule has 0 radical (unpaired) electrons. The fourth-order valence-electron chi connectivity index (χ4n) is 1.32. The third kappa shape index (κ3) is 1.83. The lowest BCUT2D eigenvalue weighted by Gasteiger charge is -2.01. The molecule has 82 valence electrons. The van der Waals surface area contributed by atoms with Gasteiger partial charge >= 0.3 is 0 Å². The highest BCUT2D eigenvalue weighted by Crippen LogP contribution is 2.34. The summed E-state index contributed by atoms with van der Waals surface area (Å²) in [6.45, 7) is 0. The monoisotopic (exact) mass is 285 g/mol. The molecule has 0 aliphatic heterocycles. The Labute approximate surface area is 98.0 Å². The fourth-order valence-corrected chi connectivity index (χ4v) is 1.66. The molecule has 1 heterocycles. The van der Waals surface area contributed by atoms with Crippen LogP contribution in [-0.4, -0.2) is 4.92 Å². The molecule has 0 bridgehead atoms. The van der Waals surface area contributed by atoms with Crippen molar-refractivity contribution >= 4 is 21.6 Å². The van der Waals surface area contributed by atoms with Crippen molar-refractivity contribution in [3.05, 3.63) is 50.9 Å². The summed E-state index contributed by atoms with van der Waals surface area (Å²) in [5.74, 6) is -0.352. The molecular weight excluding hydrogens is 281 g/mol. The molecule has 0 fully saturated rings. The van der Waals surface area contributed by atoms with E-state index in [1.54, 1.807) is 12.1 Å². The Kier molecular flexibility index (Phi) is 2.74. The van der Waals surface area contributed by atoms with Crippen LogP contribution in [0.3, 0.4) is 0 Å². The molecule has 0 aliphatic rings. The van der Waals surface area contributed by atoms with Gasteiger partial charge in [0, 0.05) is 0 Å². The Balaban J connectivity index is 2.68. The minimum Gasteiger partial charge on any atom is -0.464 e.